The van der Waals surface area contributed by atoms with Crippen molar-refractivity contribution in [2.75, 3.05) is 25.5 Å². The zero-order valence-corrected chi connectivity index (χ0v) is 13.4. The van der Waals surface area contributed by atoms with E-state index < -0.39 is 0 Å². The summed E-state index contributed by atoms with van der Waals surface area (Å²) in [6.45, 7) is 2.75. The first kappa shape index (κ1) is 15.8. The second-order valence-corrected chi connectivity index (χ2v) is 6.58. The minimum atomic E-state index is -0.227. The van der Waals surface area contributed by atoms with Gasteiger partial charge in [0.1, 0.15) is 0 Å². The molecule has 3 N–H and O–H groups in total. The highest BCUT2D eigenvalue weighted by Gasteiger charge is 2.35. The number of carbonyl (C=O) groups excluding carboxylic acids is 1. The molecule has 2 atom stereocenters. The summed E-state index contributed by atoms with van der Waals surface area (Å²) in [5.74, 6) is 0.610. The van der Waals surface area contributed by atoms with Gasteiger partial charge in [-0.1, -0.05) is 19.8 Å². The highest BCUT2D eigenvalue weighted by Crippen LogP contribution is 2.31. The van der Waals surface area contributed by atoms with Gasteiger partial charge in [-0.25, -0.2) is 0 Å². The van der Waals surface area contributed by atoms with E-state index in [1.807, 2.05) is 43.3 Å². The van der Waals surface area contributed by atoms with Crippen molar-refractivity contribution in [2.45, 2.75) is 38.1 Å². The first-order chi connectivity index (χ1) is 9.96. The Labute approximate surface area is 127 Å². The Morgan fingerprint density at radius 3 is 2.57 bits per heavy atom. The highest BCUT2D eigenvalue weighted by atomic mass is 16.1. The lowest BCUT2D eigenvalue weighted by Gasteiger charge is -2.40. The summed E-state index contributed by atoms with van der Waals surface area (Å²) < 4.78 is 0. The maximum absolute atomic E-state index is 12.5. The van der Waals surface area contributed by atoms with E-state index in [2.05, 4.69) is 12.2 Å². The third kappa shape index (κ3) is 3.76. The van der Waals surface area contributed by atoms with Gasteiger partial charge in [-0.05, 0) is 43.0 Å². The topological polar surface area (TPSA) is 58.4 Å². The van der Waals surface area contributed by atoms with Gasteiger partial charge in [0.2, 0.25) is 0 Å². The molecule has 2 rings (SSSR count). The molecule has 1 fully saturated rings. The van der Waals surface area contributed by atoms with Gasteiger partial charge in [0.05, 0.1) is 5.54 Å². The van der Waals surface area contributed by atoms with Crippen LogP contribution in [0.15, 0.2) is 24.3 Å². The number of amides is 1. The van der Waals surface area contributed by atoms with Gasteiger partial charge in [0.15, 0.2) is 0 Å². The monoisotopic (exact) mass is 289 g/mol. The van der Waals surface area contributed by atoms with E-state index in [4.69, 9.17) is 5.73 Å². The van der Waals surface area contributed by atoms with E-state index in [1.54, 1.807) is 0 Å². The Morgan fingerprint density at radius 1 is 1.38 bits per heavy atom. The largest absolute Gasteiger partial charge is 0.378 e. The van der Waals surface area contributed by atoms with Crippen molar-refractivity contribution in [1.29, 1.82) is 0 Å². The Morgan fingerprint density at radius 2 is 2.05 bits per heavy atom. The third-order valence-corrected chi connectivity index (χ3v) is 4.51. The van der Waals surface area contributed by atoms with Crippen molar-refractivity contribution in [3.63, 3.8) is 0 Å². The van der Waals surface area contributed by atoms with Gasteiger partial charge in [-0.15, -0.1) is 0 Å². The highest BCUT2D eigenvalue weighted by molar-refractivity contribution is 5.95. The summed E-state index contributed by atoms with van der Waals surface area (Å²) in [5, 5.41) is 3.20. The van der Waals surface area contributed by atoms with Crippen molar-refractivity contribution in [3.05, 3.63) is 29.8 Å². The lowest BCUT2D eigenvalue weighted by Crippen LogP contribution is -2.56. The van der Waals surface area contributed by atoms with Crippen molar-refractivity contribution < 1.29 is 4.79 Å². The van der Waals surface area contributed by atoms with E-state index in [-0.39, 0.29) is 11.4 Å². The van der Waals surface area contributed by atoms with Crippen LogP contribution in [0.1, 0.15) is 43.0 Å². The Bertz CT molecular complexity index is 483. The molecule has 116 valence electrons. The molecule has 4 nitrogen and oxygen atoms in total. The minimum absolute atomic E-state index is 0.0140. The summed E-state index contributed by atoms with van der Waals surface area (Å²) >= 11 is 0. The number of carbonyl (C=O) groups is 1. The predicted octanol–water partition coefficient (Wildman–Crippen LogP) is 2.39. The van der Waals surface area contributed by atoms with Gasteiger partial charge < -0.3 is 16.0 Å². The summed E-state index contributed by atoms with van der Waals surface area (Å²) in [5.41, 5.74) is 7.53. The van der Waals surface area contributed by atoms with E-state index in [0.29, 0.717) is 18.0 Å². The zero-order valence-electron chi connectivity index (χ0n) is 13.4. The van der Waals surface area contributed by atoms with E-state index in [9.17, 15) is 4.79 Å². The standard InChI is InChI=1S/C17H27N3O/c1-13-5-4-10-17(11-13,12-18)19-16(21)14-6-8-15(9-7-14)20(2)3/h6-9,13H,4-5,10-12,18H2,1-3H3,(H,19,21). The van der Waals surface area contributed by atoms with Crippen LogP contribution in [0, 0.1) is 5.92 Å². The fourth-order valence-electron chi connectivity index (χ4n) is 3.23. The first-order valence-electron chi connectivity index (χ1n) is 7.76. The number of hydrogen-bond donors (Lipinski definition) is 2. The molecule has 0 radical (unpaired) electrons. The van der Waals surface area contributed by atoms with Gasteiger partial charge in [0, 0.05) is 31.9 Å². The molecule has 1 aromatic carbocycles. The van der Waals surface area contributed by atoms with Crippen molar-refractivity contribution in [3.8, 4) is 0 Å². The molecular formula is C17H27N3O. The average molecular weight is 289 g/mol. The molecule has 0 aliphatic heterocycles. The quantitative estimate of drug-likeness (QED) is 0.895. The molecular weight excluding hydrogens is 262 g/mol. The third-order valence-electron chi connectivity index (χ3n) is 4.51. The molecule has 21 heavy (non-hydrogen) atoms. The van der Waals surface area contributed by atoms with Crippen molar-refractivity contribution in [1.82, 2.24) is 5.32 Å². The molecule has 0 bridgehead atoms. The Balaban J connectivity index is 2.08. The van der Waals surface area contributed by atoms with Crippen LogP contribution in [0.4, 0.5) is 5.69 Å². The molecule has 1 aliphatic carbocycles. The van der Waals surface area contributed by atoms with Crippen LogP contribution in [0.5, 0.6) is 0 Å². The molecule has 0 aromatic heterocycles. The van der Waals surface area contributed by atoms with Gasteiger partial charge in [-0.2, -0.15) is 0 Å². The smallest absolute Gasteiger partial charge is 0.251 e. The van der Waals surface area contributed by atoms with Crippen molar-refractivity contribution >= 4 is 11.6 Å². The number of anilines is 1. The van der Waals surface area contributed by atoms with Crippen molar-refractivity contribution in [2.24, 2.45) is 11.7 Å². The van der Waals surface area contributed by atoms with Crippen LogP contribution in [0.2, 0.25) is 0 Å². The summed E-state index contributed by atoms with van der Waals surface area (Å²) in [4.78, 5) is 14.5. The van der Waals surface area contributed by atoms with Gasteiger partial charge in [0.25, 0.3) is 5.91 Å². The minimum Gasteiger partial charge on any atom is -0.378 e. The average Bonchev–Trinajstić information content (AvgIpc) is 2.47. The molecule has 1 aromatic rings. The number of nitrogens with one attached hydrogen (secondary N) is 1. The van der Waals surface area contributed by atoms with Crippen LogP contribution in [0.3, 0.4) is 0 Å². The van der Waals surface area contributed by atoms with E-state index in [0.717, 1.165) is 24.9 Å². The lowest BCUT2D eigenvalue weighted by atomic mass is 9.76. The maximum atomic E-state index is 12.5. The van der Waals surface area contributed by atoms with Crippen LogP contribution in [-0.4, -0.2) is 32.1 Å². The molecule has 1 amide bonds. The molecule has 0 heterocycles. The normalized spacial score (nSPS) is 25.4. The maximum Gasteiger partial charge on any atom is 0.251 e. The Kier molecular flexibility index (Phi) is 4.88. The van der Waals surface area contributed by atoms with Crippen LogP contribution in [0.25, 0.3) is 0 Å². The summed E-state index contributed by atoms with van der Waals surface area (Å²) in [7, 11) is 3.98. The summed E-state index contributed by atoms with van der Waals surface area (Å²) in [6.07, 6.45) is 4.33. The van der Waals surface area contributed by atoms with Crippen LogP contribution < -0.4 is 16.0 Å². The number of rotatable bonds is 4. The molecule has 0 saturated heterocycles. The van der Waals surface area contributed by atoms with E-state index in [1.165, 1.54) is 6.42 Å². The molecule has 2 unspecified atom stereocenters. The molecule has 1 saturated carbocycles. The van der Waals surface area contributed by atoms with Gasteiger partial charge in [-0.3, -0.25) is 4.79 Å². The SMILES string of the molecule is CC1CCCC(CN)(NC(=O)c2ccc(N(C)C)cc2)C1. The second-order valence-electron chi connectivity index (χ2n) is 6.58. The fraction of sp³-hybridized carbons (Fsp3) is 0.588. The summed E-state index contributed by atoms with van der Waals surface area (Å²) in [6, 6.07) is 7.68. The molecule has 0 spiro atoms. The van der Waals surface area contributed by atoms with Crippen LogP contribution >= 0.6 is 0 Å². The predicted molar refractivity (Wildman–Crippen MR) is 87.7 cm³/mol. The van der Waals surface area contributed by atoms with Gasteiger partial charge >= 0.3 is 0 Å². The zero-order chi connectivity index (χ0) is 15.5. The first-order valence-corrected chi connectivity index (χ1v) is 7.76. The molecule has 4 heteroatoms. The number of nitrogens with zero attached hydrogens (tertiary/aromatic N) is 1. The Hall–Kier alpha value is -1.55. The fourth-order valence-corrected chi connectivity index (χ4v) is 3.23. The number of hydrogen-bond acceptors (Lipinski definition) is 3. The van der Waals surface area contributed by atoms with Crippen LogP contribution in [-0.2, 0) is 0 Å². The molecule has 1 aliphatic rings. The van der Waals surface area contributed by atoms with E-state index >= 15 is 0 Å². The number of nitrogens with two attached hydrogens (primary N) is 1. The second kappa shape index (κ2) is 6.48. The lowest BCUT2D eigenvalue weighted by molar-refractivity contribution is 0.0854. The number of benzene rings is 1.